The molecule has 1 atom stereocenters. The highest BCUT2D eigenvalue weighted by Gasteiger charge is 2.23. The van der Waals surface area contributed by atoms with E-state index < -0.39 is 11.6 Å². The number of hydrogen-bond acceptors (Lipinski definition) is 5. The van der Waals surface area contributed by atoms with Gasteiger partial charge >= 0.3 is 0 Å². The lowest BCUT2D eigenvalue weighted by atomic mass is 9.89. The summed E-state index contributed by atoms with van der Waals surface area (Å²) in [6.45, 7) is 2.26. The van der Waals surface area contributed by atoms with Crippen LogP contribution in [-0.4, -0.2) is 21.6 Å². The Kier molecular flexibility index (Phi) is 5.10. The monoisotopic (exact) mass is 405 g/mol. The van der Waals surface area contributed by atoms with E-state index >= 15 is 0 Å². The average Bonchev–Trinajstić information content (AvgIpc) is 3.00. The number of aryl methyl sites for hydroxylation is 1. The lowest BCUT2D eigenvalue weighted by molar-refractivity contribution is -0.113. The Balaban J connectivity index is 1.51. The molecule has 2 heterocycles. The van der Waals surface area contributed by atoms with Crippen LogP contribution in [0.25, 0.3) is 10.2 Å². The lowest BCUT2D eigenvalue weighted by Crippen LogP contribution is -2.15. The molecule has 0 fully saturated rings. The largest absolute Gasteiger partial charge is 0.323 e. The minimum absolute atomic E-state index is 0.0308. The predicted molar refractivity (Wildman–Crippen MR) is 104 cm³/mol. The van der Waals surface area contributed by atoms with E-state index in [4.69, 9.17) is 0 Å². The van der Waals surface area contributed by atoms with Crippen LogP contribution in [0.4, 0.5) is 14.5 Å². The van der Waals surface area contributed by atoms with Crippen LogP contribution in [0.2, 0.25) is 0 Å². The zero-order valence-electron chi connectivity index (χ0n) is 14.6. The third kappa shape index (κ3) is 3.82. The van der Waals surface area contributed by atoms with Crippen molar-refractivity contribution in [2.45, 2.75) is 31.2 Å². The van der Waals surface area contributed by atoms with Crippen molar-refractivity contribution in [1.82, 2.24) is 9.97 Å². The molecule has 27 heavy (non-hydrogen) atoms. The molecule has 4 rings (SSSR count). The second kappa shape index (κ2) is 7.52. The van der Waals surface area contributed by atoms with Gasteiger partial charge in [-0.2, -0.15) is 0 Å². The third-order valence-corrected chi connectivity index (χ3v) is 6.75. The normalized spacial score (nSPS) is 16.3. The van der Waals surface area contributed by atoms with Crippen LogP contribution in [0.15, 0.2) is 29.6 Å². The third-order valence-electron chi connectivity index (χ3n) is 4.60. The van der Waals surface area contributed by atoms with E-state index in [0.717, 1.165) is 46.6 Å². The topological polar surface area (TPSA) is 54.9 Å². The van der Waals surface area contributed by atoms with Gasteiger partial charge in [-0.15, -0.1) is 11.3 Å². The van der Waals surface area contributed by atoms with Crippen LogP contribution in [0.1, 0.15) is 23.8 Å². The molecule has 2 aromatic heterocycles. The van der Waals surface area contributed by atoms with Gasteiger partial charge in [-0.25, -0.2) is 18.7 Å². The molecule has 3 aromatic rings. The first-order valence-electron chi connectivity index (χ1n) is 8.64. The highest BCUT2D eigenvalue weighted by molar-refractivity contribution is 8.00. The minimum atomic E-state index is -0.793. The van der Waals surface area contributed by atoms with Crippen LogP contribution >= 0.6 is 23.1 Å². The van der Waals surface area contributed by atoms with E-state index in [2.05, 4.69) is 22.2 Å². The average molecular weight is 405 g/mol. The van der Waals surface area contributed by atoms with E-state index in [-0.39, 0.29) is 17.3 Å². The molecule has 1 amide bonds. The van der Waals surface area contributed by atoms with Crippen molar-refractivity contribution in [2.75, 3.05) is 11.1 Å². The molecule has 1 N–H and O–H groups in total. The number of nitrogens with one attached hydrogen (secondary N) is 1. The van der Waals surface area contributed by atoms with Gasteiger partial charge in [0, 0.05) is 16.3 Å². The van der Waals surface area contributed by atoms with Gasteiger partial charge < -0.3 is 5.32 Å². The number of anilines is 1. The first kappa shape index (κ1) is 18.3. The van der Waals surface area contributed by atoms with Crippen molar-refractivity contribution in [3.05, 3.63) is 46.6 Å². The molecule has 1 aromatic carbocycles. The first-order valence-corrected chi connectivity index (χ1v) is 10.4. The predicted octanol–water partition coefficient (Wildman–Crippen LogP) is 4.83. The number of carbonyl (C=O) groups is 1. The van der Waals surface area contributed by atoms with Crippen molar-refractivity contribution in [3.8, 4) is 0 Å². The number of benzene rings is 1. The number of hydrogen-bond donors (Lipinski definition) is 1. The number of aromatic nitrogens is 2. The molecule has 4 nitrogen and oxygen atoms in total. The summed E-state index contributed by atoms with van der Waals surface area (Å²) >= 11 is 3.02. The zero-order valence-corrected chi connectivity index (χ0v) is 16.2. The van der Waals surface area contributed by atoms with Crippen molar-refractivity contribution in [1.29, 1.82) is 0 Å². The molecular formula is C19H17F2N3OS2. The van der Waals surface area contributed by atoms with Gasteiger partial charge in [0.15, 0.2) is 0 Å². The molecule has 140 valence electrons. The summed E-state index contributed by atoms with van der Waals surface area (Å²) in [7, 11) is 0. The van der Waals surface area contributed by atoms with Gasteiger partial charge in [0.2, 0.25) is 5.91 Å². The number of rotatable bonds is 4. The molecule has 1 aliphatic carbocycles. The fourth-order valence-corrected chi connectivity index (χ4v) is 5.51. The fourth-order valence-electron chi connectivity index (χ4n) is 3.27. The number of nitrogens with zero attached hydrogens (tertiary/aromatic N) is 2. The Morgan fingerprint density at radius 2 is 2.22 bits per heavy atom. The Morgan fingerprint density at radius 3 is 3.04 bits per heavy atom. The summed E-state index contributed by atoms with van der Waals surface area (Å²) < 4.78 is 26.6. The Morgan fingerprint density at radius 1 is 1.37 bits per heavy atom. The second-order valence-electron chi connectivity index (χ2n) is 6.67. The van der Waals surface area contributed by atoms with Gasteiger partial charge in [-0.3, -0.25) is 4.79 Å². The van der Waals surface area contributed by atoms with Crippen LogP contribution in [0.5, 0.6) is 0 Å². The molecule has 0 radical (unpaired) electrons. The molecule has 1 aliphatic rings. The zero-order chi connectivity index (χ0) is 19.0. The summed E-state index contributed by atoms with van der Waals surface area (Å²) in [5.74, 6) is -1.08. The standard InChI is InChI=1S/C19H17F2N3OS2/c1-10-2-4-12-15(6-10)27-19-17(12)18(22-9-23-19)26-8-16(25)24-14-5-3-11(20)7-13(14)21/h3,5,7,9-10H,2,4,6,8H2,1H3,(H,24,25)/t10-/m0/s1. The fraction of sp³-hybridized carbons (Fsp3) is 0.316. The first-order chi connectivity index (χ1) is 13.0. The SMILES string of the molecule is C[C@H]1CCc2c(sc3ncnc(SCC(=O)Nc4ccc(F)cc4F)c23)C1. The summed E-state index contributed by atoms with van der Waals surface area (Å²) in [5, 5.41) is 4.31. The Labute approximate surface area is 163 Å². The van der Waals surface area contributed by atoms with Crippen LogP contribution in [0, 0.1) is 17.6 Å². The summed E-state index contributed by atoms with van der Waals surface area (Å²) in [5.41, 5.74) is 1.28. The highest BCUT2D eigenvalue weighted by Crippen LogP contribution is 2.40. The molecule has 0 bridgehead atoms. The summed E-state index contributed by atoms with van der Waals surface area (Å²) in [4.78, 5) is 23.3. The van der Waals surface area contributed by atoms with Crippen molar-refractivity contribution in [3.63, 3.8) is 0 Å². The van der Waals surface area contributed by atoms with Crippen LogP contribution in [-0.2, 0) is 17.6 Å². The molecular weight excluding hydrogens is 388 g/mol. The maximum Gasteiger partial charge on any atom is 0.234 e. The molecule has 8 heteroatoms. The molecule has 0 spiro atoms. The maximum absolute atomic E-state index is 13.7. The van der Waals surface area contributed by atoms with Crippen LogP contribution in [0.3, 0.4) is 0 Å². The quantitative estimate of drug-likeness (QED) is 0.499. The highest BCUT2D eigenvalue weighted by atomic mass is 32.2. The number of fused-ring (bicyclic) bond motifs is 3. The molecule has 0 unspecified atom stereocenters. The minimum Gasteiger partial charge on any atom is -0.323 e. The van der Waals surface area contributed by atoms with Gasteiger partial charge in [-0.1, -0.05) is 18.7 Å². The van der Waals surface area contributed by atoms with Crippen molar-refractivity contribution < 1.29 is 13.6 Å². The number of thiophene rings is 1. The van der Waals surface area contributed by atoms with Gasteiger partial charge in [-0.05, 0) is 42.9 Å². The molecule has 0 saturated heterocycles. The van der Waals surface area contributed by atoms with Crippen molar-refractivity contribution >= 4 is 44.9 Å². The summed E-state index contributed by atoms with van der Waals surface area (Å²) in [6, 6.07) is 3.07. The number of carbonyl (C=O) groups excluding carboxylic acids is 1. The van der Waals surface area contributed by atoms with Gasteiger partial charge in [0.05, 0.1) is 11.4 Å². The van der Waals surface area contributed by atoms with Crippen molar-refractivity contribution in [2.24, 2.45) is 5.92 Å². The number of amides is 1. The van der Waals surface area contributed by atoms with Gasteiger partial charge in [0.1, 0.15) is 27.8 Å². The Bertz CT molecular complexity index is 1020. The smallest absolute Gasteiger partial charge is 0.234 e. The Hall–Kier alpha value is -2.06. The van der Waals surface area contributed by atoms with E-state index in [1.54, 1.807) is 11.3 Å². The number of thioether (sulfide) groups is 1. The lowest BCUT2D eigenvalue weighted by Gasteiger charge is -2.18. The van der Waals surface area contributed by atoms with Gasteiger partial charge in [0.25, 0.3) is 0 Å². The second-order valence-corrected chi connectivity index (χ2v) is 8.72. The molecule has 0 aliphatic heterocycles. The maximum atomic E-state index is 13.7. The summed E-state index contributed by atoms with van der Waals surface area (Å²) in [6.07, 6.45) is 4.73. The van der Waals surface area contributed by atoms with E-state index in [9.17, 15) is 13.6 Å². The molecule has 0 saturated carbocycles. The van der Waals surface area contributed by atoms with E-state index in [1.165, 1.54) is 34.6 Å². The van der Waals surface area contributed by atoms with E-state index in [1.807, 2.05) is 0 Å². The van der Waals surface area contributed by atoms with Crippen LogP contribution < -0.4 is 5.32 Å². The number of halogens is 2. The van der Waals surface area contributed by atoms with E-state index in [0.29, 0.717) is 5.92 Å².